The van der Waals surface area contributed by atoms with Crippen molar-refractivity contribution in [2.24, 2.45) is 0 Å². The summed E-state index contributed by atoms with van der Waals surface area (Å²) in [5.74, 6) is 0.482. The Labute approximate surface area is 145 Å². The molecule has 0 aliphatic rings. The number of hydrogen-bond acceptors (Lipinski definition) is 1. The molecule has 0 amide bonds. The molecule has 0 spiro atoms. The molecule has 5 rings (SSSR count). The van der Waals surface area contributed by atoms with E-state index in [1.807, 2.05) is 52.9 Å². The normalized spacial score (nSPS) is 11.8. The zero-order valence-corrected chi connectivity index (χ0v) is 14.0. The van der Waals surface area contributed by atoms with Gasteiger partial charge in [-0.1, -0.05) is 30.3 Å². The van der Waals surface area contributed by atoms with E-state index in [2.05, 4.69) is 26.6 Å². The van der Waals surface area contributed by atoms with Gasteiger partial charge in [0.2, 0.25) is 5.78 Å². The van der Waals surface area contributed by atoms with E-state index in [9.17, 15) is 4.39 Å². The van der Waals surface area contributed by atoms with Crippen LogP contribution in [0.3, 0.4) is 0 Å². The van der Waals surface area contributed by atoms with Crippen LogP contribution in [-0.2, 0) is 0 Å². The van der Waals surface area contributed by atoms with Crippen LogP contribution in [0, 0.1) is 5.82 Å². The molecule has 24 heavy (non-hydrogen) atoms. The second-order valence-electron chi connectivity index (χ2n) is 5.66. The fourth-order valence-corrected chi connectivity index (χ4v) is 3.56. The molecule has 0 unspecified atom stereocenters. The Morgan fingerprint density at radius 3 is 2.33 bits per heavy atom. The molecule has 2 aromatic heterocycles. The molecular weight excluding hydrogens is 369 g/mol. The fourth-order valence-electron chi connectivity index (χ4n) is 3.23. The van der Waals surface area contributed by atoms with Gasteiger partial charge in [-0.2, -0.15) is 0 Å². The summed E-state index contributed by atoms with van der Waals surface area (Å²) in [7, 11) is 0. The largest absolute Gasteiger partial charge is 0.278 e. The molecule has 0 atom stereocenters. The van der Waals surface area contributed by atoms with Crippen LogP contribution in [0.4, 0.5) is 4.39 Å². The predicted octanol–water partition coefficient (Wildman–Crippen LogP) is 5.33. The van der Waals surface area contributed by atoms with Crippen molar-refractivity contribution in [1.82, 2.24) is 14.0 Å². The number of fused-ring (bicyclic) bond motifs is 5. The SMILES string of the molecule is Fc1cc2c(cc1Br)nc1n(-c3ccccc3)c3ccccc3n21. The van der Waals surface area contributed by atoms with E-state index in [0.717, 1.165) is 33.5 Å². The van der Waals surface area contributed by atoms with E-state index in [0.29, 0.717) is 4.47 Å². The van der Waals surface area contributed by atoms with Gasteiger partial charge < -0.3 is 0 Å². The Balaban J connectivity index is 2.04. The van der Waals surface area contributed by atoms with E-state index in [-0.39, 0.29) is 5.82 Å². The monoisotopic (exact) mass is 379 g/mol. The van der Waals surface area contributed by atoms with Crippen molar-refractivity contribution in [3.05, 3.63) is 77.0 Å². The maximum Gasteiger partial charge on any atom is 0.220 e. The molecule has 0 fully saturated rings. The smallest absolute Gasteiger partial charge is 0.220 e. The first kappa shape index (κ1) is 13.7. The molecular formula is C19H11BrFN3. The number of benzene rings is 3. The molecule has 3 aromatic carbocycles. The molecule has 0 radical (unpaired) electrons. The summed E-state index contributed by atoms with van der Waals surface area (Å²) < 4.78 is 18.6. The second kappa shape index (κ2) is 4.92. The number of aromatic nitrogens is 3. The standard InChI is InChI=1S/C19H11BrFN3/c20-13-10-15-18(11-14(13)21)24-17-9-5-4-8-16(17)23(19(24)22-15)12-6-2-1-3-7-12/h1-11H. The van der Waals surface area contributed by atoms with Crippen LogP contribution in [0.5, 0.6) is 0 Å². The van der Waals surface area contributed by atoms with Crippen LogP contribution in [-0.4, -0.2) is 14.0 Å². The van der Waals surface area contributed by atoms with Gasteiger partial charge in [0.25, 0.3) is 0 Å². The van der Waals surface area contributed by atoms with Gasteiger partial charge in [-0.15, -0.1) is 0 Å². The predicted molar refractivity (Wildman–Crippen MR) is 97.2 cm³/mol. The van der Waals surface area contributed by atoms with Gasteiger partial charge >= 0.3 is 0 Å². The minimum atomic E-state index is -0.291. The average molecular weight is 380 g/mol. The Kier molecular flexibility index (Phi) is 2.82. The zero-order chi connectivity index (χ0) is 16.3. The van der Waals surface area contributed by atoms with Crippen molar-refractivity contribution >= 4 is 43.8 Å². The van der Waals surface area contributed by atoms with E-state index < -0.39 is 0 Å². The van der Waals surface area contributed by atoms with Crippen LogP contribution in [0.2, 0.25) is 0 Å². The van der Waals surface area contributed by atoms with Gasteiger partial charge in [-0.3, -0.25) is 8.97 Å². The summed E-state index contributed by atoms with van der Waals surface area (Å²) in [5.41, 5.74) is 4.58. The van der Waals surface area contributed by atoms with Crippen LogP contribution in [0.25, 0.3) is 33.5 Å². The molecule has 0 bridgehead atoms. The van der Waals surface area contributed by atoms with Crippen LogP contribution >= 0.6 is 15.9 Å². The molecule has 116 valence electrons. The number of para-hydroxylation sites is 3. The van der Waals surface area contributed by atoms with Gasteiger partial charge in [0, 0.05) is 11.8 Å². The number of hydrogen-bond donors (Lipinski definition) is 0. The molecule has 5 heteroatoms. The van der Waals surface area contributed by atoms with Crippen LogP contribution in [0.15, 0.2) is 71.2 Å². The van der Waals surface area contributed by atoms with Crippen molar-refractivity contribution < 1.29 is 4.39 Å². The minimum absolute atomic E-state index is 0.291. The summed E-state index contributed by atoms with van der Waals surface area (Å²) in [6.45, 7) is 0. The molecule has 0 N–H and O–H groups in total. The molecule has 0 saturated carbocycles. The highest BCUT2D eigenvalue weighted by Gasteiger charge is 2.17. The van der Waals surface area contributed by atoms with Gasteiger partial charge in [0.05, 0.1) is 26.5 Å². The van der Waals surface area contributed by atoms with Crippen molar-refractivity contribution in [3.8, 4) is 5.69 Å². The van der Waals surface area contributed by atoms with Crippen molar-refractivity contribution in [2.75, 3.05) is 0 Å². The lowest BCUT2D eigenvalue weighted by Gasteiger charge is -2.04. The van der Waals surface area contributed by atoms with E-state index in [1.54, 1.807) is 6.07 Å². The highest BCUT2D eigenvalue weighted by atomic mass is 79.9. The number of rotatable bonds is 1. The van der Waals surface area contributed by atoms with Crippen LogP contribution < -0.4 is 0 Å². The second-order valence-corrected chi connectivity index (χ2v) is 6.52. The van der Waals surface area contributed by atoms with Crippen LogP contribution in [0.1, 0.15) is 0 Å². The first-order valence-electron chi connectivity index (χ1n) is 7.56. The van der Waals surface area contributed by atoms with Gasteiger partial charge in [0.1, 0.15) is 5.82 Å². The topological polar surface area (TPSA) is 22.2 Å². The molecule has 5 aromatic rings. The van der Waals surface area contributed by atoms with Crippen molar-refractivity contribution in [2.45, 2.75) is 0 Å². The maximum atomic E-state index is 14.1. The first-order valence-corrected chi connectivity index (χ1v) is 8.35. The third-order valence-electron chi connectivity index (χ3n) is 4.26. The maximum absolute atomic E-state index is 14.1. The Bertz CT molecular complexity index is 1220. The Hall–Kier alpha value is -2.66. The van der Waals surface area contributed by atoms with E-state index >= 15 is 0 Å². The highest BCUT2D eigenvalue weighted by molar-refractivity contribution is 9.10. The molecule has 0 saturated heterocycles. The van der Waals surface area contributed by atoms with E-state index in [4.69, 9.17) is 4.98 Å². The molecule has 3 nitrogen and oxygen atoms in total. The average Bonchev–Trinajstić information content (AvgIpc) is 3.10. The summed E-state index contributed by atoms with van der Waals surface area (Å²) in [6, 6.07) is 21.4. The Morgan fingerprint density at radius 1 is 0.833 bits per heavy atom. The summed E-state index contributed by atoms with van der Waals surface area (Å²) in [6.07, 6.45) is 0. The minimum Gasteiger partial charge on any atom is -0.278 e. The fraction of sp³-hybridized carbons (Fsp3) is 0. The van der Waals surface area contributed by atoms with Gasteiger partial charge in [-0.25, -0.2) is 9.37 Å². The molecule has 0 aliphatic heterocycles. The lowest BCUT2D eigenvalue weighted by atomic mass is 10.2. The first-order chi connectivity index (χ1) is 11.7. The number of imidazole rings is 2. The zero-order valence-electron chi connectivity index (χ0n) is 12.4. The summed E-state index contributed by atoms with van der Waals surface area (Å²) in [4.78, 5) is 4.76. The molecule has 2 heterocycles. The highest BCUT2D eigenvalue weighted by Crippen LogP contribution is 2.31. The summed E-state index contributed by atoms with van der Waals surface area (Å²) in [5, 5.41) is 0. The van der Waals surface area contributed by atoms with Crippen molar-refractivity contribution in [1.29, 1.82) is 0 Å². The summed E-state index contributed by atoms with van der Waals surface area (Å²) >= 11 is 3.24. The number of nitrogens with zero attached hydrogens (tertiary/aromatic N) is 3. The third kappa shape index (κ3) is 1.79. The van der Waals surface area contributed by atoms with Gasteiger partial charge in [0.15, 0.2) is 0 Å². The van der Waals surface area contributed by atoms with Crippen molar-refractivity contribution in [3.63, 3.8) is 0 Å². The lowest BCUT2D eigenvalue weighted by Crippen LogP contribution is -1.94. The van der Waals surface area contributed by atoms with Gasteiger partial charge in [-0.05, 0) is 46.3 Å². The van der Waals surface area contributed by atoms with E-state index in [1.165, 1.54) is 6.07 Å². The third-order valence-corrected chi connectivity index (χ3v) is 4.86. The quantitative estimate of drug-likeness (QED) is 0.385. The Morgan fingerprint density at radius 2 is 1.54 bits per heavy atom. The molecule has 0 aliphatic carbocycles. The number of halogens is 2. The lowest BCUT2D eigenvalue weighted by molar-refractivity contribution is 0.622.